The molecular formula is C8H12FN3O3S. The maximum absolute atomic E-state index is 12.6. The second-order valence-electron chi connectivity index (χ2n) is 3.60. The molecule has 16 heavy (non-hydrogen) atoms. The van der Waals surface area contributed by atoms with Crippen LogP contribution in [0.25, 0.3) is 0 Å². The lowest BCUT2D eigenvalue weighted by atomic mass is 10.0. The Morgan fingerprint density at radius 1 is 1.50 bits per heavy atom. The number of rotatable bonds is 3. The molecule has 90 valence electrons. The fourth-order valence-electron chi connectivity index (χ4n) is 1.08. The predicted octanol–water partition coefficient (Wildman–Crippen LogP) is -0.500. The third-order valence-corrected chi connectivity index (χ3v) is 3.80. The van der Waals surface area contributed by atoms with Gasteiger partial charge in [0.15, 0.2) is 11.6 Å². The third-order valence-electron chi connectivity index (χ3n) is 2.36. The van der Waals surface area contributed by atoms with E-state index in [2.05, 4.69) is 9.97 Å². The van der Waals surface area contributed by atoms with Gasteiger partial charge in [-0.1, -0.05) is 0 Å². The molecule has 0 radical (unpaired) electrons. The van der Waals surface area contributed by atoms with E-state index < -0.39 is 26.7 Å². The molecule has 1 aromatic heterocycles. The fraction of sp³-hybridized carbons (Fsp3) is 0.500. The second kappa shape index (κ2) is 4.04. The molecule has 3 N–H and O–H groups in total. The third kappa shape index (κ3) is 2.52. The van der Waals surface area contributed by atoms with Gasteiger partial charge in [-0.3, -0.25) is 0 Å². The van der Waals surface area contributed by atoms with Crippen molar-refractivity contribution in [3.05, 3.63) is 24.0 Å². The minimum Gasteiger partial charge on any atom is -0.381 e. The van der Waals surface area contributed by atoms with Crippen LogP contribution in [0.3, 0.4) is 0 Å². The van der Waals surface area contributed by atoms with Crippen LogP contribution in [-0.4, -0.2) is 28.7 Å². The number of nitrogens with two attached hydrogens (primary N) is 1. The van der Waals surface area contributed by atoms with Crippen LogP contribution in [0, 0.1) is 5.82 Å². The molecule has 0 aliphatic rings. The topological polar surface area (TPSA) is 106 Å². The quantitative estimate of drug-likeness (QED) is 0.751. The molecule has 0 saturated carbocycles. The Bertz CT molecular complexity index is 472. The Hall–Kier alpha value is -1.12. The molecular weight excluding hydrogens is 237 g/mol. The zero-order valence-electron chi connectivity index (χ0n) is 8.75. The Balaban J connectivity index is 3.16. The molecule has 0 spiro atoms. The van der Waals surface area contributed by atoms with Gasteiger partial charge in [0, 0.05) is 0 Å². The maximum atomic E-state index is 12.6. The number of nitrogens with zero attached hydrogens (tertiary/aromatic N) is 2. The normalized spacial score (nSPS) is 17.8. The zero-order chi connectivity index (χ0) is 12.6. The fourth-order valence-corrected chi connectivity index (χ4v) is 1.82. The zero-order valence-corrected chi connectivity index (χ0v) is 9.57. The van der Waals surface area contributed by atoms with Gasteiger partial charge >= 0.3 is 0 Å². The Morgan fingerprint density at radius 2 is 1.94 bits per heavy atom. The van der Waals surface area contributed by atoms with Crippen LogP contribution in [0.1, 0.15) is 19.7 Å². The van der Waals surface area contributed by atoms with Gasteiger partial charge in [0.2, 0.25) is 10.0 Å². The lowest BCUT2D eigenvalue weighted by Gasteiger charge is -2.26. The number of hydrogen-bond acceptors (Lipinski definition) is 5. The summed E-state index contributed by atoms with van der Waals surface area (Å²) in [4.78, 5) is 7.06. The molecule has 0 bridgehead atoms. The van der Waals surface area contributed by atoms with E-state index in [1.807, 2.05) is 0 Å². The van der Waals surface area contributed by atoms with E-state index in [-0.39, 0.29) is 5.82 Å². The number of aliphatic hydroxyl groups is 1. The van der Waals surface area contributed by atoms with Gasteiger partial charge in [-0.25, -0.2) is 27.9 Å². The van der Waals surface area contributed by atoms with Crippen molar-refractivity contribution in [2.24, 2.45) is 5.14 Å². The minimum absolute atomic E-state index is 0.199. The van der Waals surface area contributed by atoms with Crippen molar-refractivity contribution >= 4 is 10.0 Å². The predicted molar refractivity (Wildman–Crippen MR) is 54.1 cm³/mol. The van der Waals surface area contributed by atoms with Gasteiger partial charge < -0.3 is 5.11 Å². The van der Waals surface area contributed by atoms with Gasteiger partial charge in [0.1, 0.15) is 10.9 Å². The summed E-state index contributed by atoms with van der Waals surface area (Å²) in [6, 6.07) is 0. The molecule has 0 saturated heterocycles. The van der Waals surface area contributed by atoms with Crippen molar-refractivity contribution in [3.63, 3.8) is 0 Å². The highest BCUT2D eigenvalue weighted by atomic mass is 32.2. The second-order valence-corrected chi connectivity index (χ2v) is 5.49. The van der Waals surface area contributed by atoms with E-state index in [0.717, 1.165) is 12.4 Å². The maximum Gasteiger partial charge on any atom is 0.215 e. The summed E-state index contributed by atoms with van der Waals surface area (Å²) in [5, 5.41) is 13.6. The van der Waals surface area contributed by atoms with Crippen LogP contribution in [0.5, 0.6) is 0 Å². The molecule has 2 atom stereocenters. The first kappa shape index (κ1) is 12.9. The monoisotopic (exact) mass is 249 g/mol. The van der Waals surface area contributed by atoms with Gasteiger partial charge in [0.05, 0.1) is 12.4 Å². The minimum atomic E-state index is -3.94. The number of aromatic nitrogens is 2. The van der Waals surface area contributed by atoms with E-state index in [0.29, 0.717) is 0 Å². The molecule has 0 amide bonds. The van der Waals surface area contributed by atoms with Crippen molar-refractivity contribution in [3.8, 4) is 0 Å². The van der Waals surface area contributed by atoms with E-state index in [9.17, 15) is 17.9 Å². The lowest BCUT2D eigenvalue weighted by molar-refractivity contribution is 0.0468. The summed E-state index contributed by atoms with van der Waals surface area (Å²) in [6.07, 6.45) is 1.68. The summed E-state index contributed by atoms with van der Waals surface area (Å²) in [6.45, 7) is 2.43. The number of hydrogen-bond donors (Lipinski definition) is 2. The molecule has 1 rings (SSSR count). The Labute approximate surface area is 92.4 Å². The summed E-state index contributed by atoms with van der Waals surface area (Å²) in [5.74, 6) is -0.877. The smallest absolute Gasteiger partial charge is 0.215 e. The summed E-state index contributed by atoms with van der Waals surface area (Å²) in [7, 11) is -3.94. The standard InChI is InChI=1S/C8H12FN3O3S/c1-5(16(10,14)15)8(2,13)7-11-3-6(9)4-12-7/h3-5,13H,1-2H3,(H2,10,14,15)/t5-,8?/m1/s1. The Kier molecular flexibility index (Phi) is 3.27. The van der Waals surface area contributed by atoms with Crippen molar-refractivity contribution in [2.45, 2.75) is 24.7 Å². The molecule has 0 aliphatic heterocycles. The molecule has 0 aliphatic carbocycles. The van der Waals surface area contributed by atoms with Crippen LogP contribution in [-0.2, 0) is 15.6 Å². The van der Waals surface area contributed by atoms with E-state index in [1.54, 1.807) is 0 Å². The van der Waals surface area contributed by atoms with E-state index in [1.165, 1.54) is 13.8 Å². The van der Waals surface area contributed by atoms with Crippen molar-refractivity contribution in [1.82, 2.24) is 9.97 Å². The molecule has 0 aromatic carbocycles. The molecule has 6 nitrogen and oxygen atoms in total. The van der Waals surface area contributed by atoms with Crippen molar-refractivity contribution in [1.29, 1.82) is 0 Å². The molecule has 1 unspecified atom stereocenters. The Morgan fingerprint density at radius 3 is 2.31 bits per heavy atom. The summed E-state index contributed by atoms with van der Waals surface area (Å²) in [5.41, 5.74) is -1.87. The molecule has 1 heterocycles. The first-order valence-electron chi connectivity index (χ1n) is 4.37. The van der Waals surface area contributed by atoms with Gasteiger partial charge in [-0.05, 0) is 13.8 Å². The molecule has 1 aromatic rings. The van der Waals surface area contributed by atoms with Crippen LogP contribution >= 0.6 is 0 Å². The average Bonchev–Trinajstić information content (AvgIpc) is 2.16. The van der Waals surface area contributed by atoms with E-state index >= 15 is 0 Å². The molecule has 8 heteroatoms. The van der Waals surface area contributed by atoms with Crippen LogP contribution < -0.4 is 5.14 Å². The highest BCUT2D eigenvalue weighted by Gasteiger charge is 2.40. The SMILES string of the molecule is C[C@H](C(C)(O)c1ncc(F)cn1)S(N)(=O)=O. The van der Waals surface area contributed by atoms with Gasteiger partial charge in [-0.2, -0.15) is 0 Å². The number of halogens is 1. The van der Waals surface area contributed by atoms with Crippen molar-refractivity contribution in [2.75, 3.05) is 0 Å². The number of primary sulfonamides is 1. The largest absolute Gasteiger partial charge is 0.381 e. The van der Waals surface area contributed by atoms with Gasteiger partial charge in [-0.15, -0.1) is 0 Å². The highest BCUT2D eigenvalue weighted by Crippen LogP contribution is 2.24. The van der Waals surface area contributed by atoms with Crippen LogP contribution in [0.15, 0.2) is 12.4 Å². The summed E-state index contributed by atoms with van der Waals surface area (Å²) >= 11 is 0. The van der Waals surface area contributed by atoms with Crippen LogP contribution in [0.2, 0.25) is 0 Å². The van der Waals surface area contributed by atoms with Crippen LogP contribution in [0.4, 0.5) is 4.39 Å². The lowest BCUT2D eigenvalue weighted by Crippen LogP contribution is -2.44. The number of sulfonamides is 1. The van der Waals surface area contributed by atoms with Crippen molar-refractivity contribution < 1.29 is 17.9 Å². The average molecular weight is 249 g/mol. The summed E-state index contributed by atoms with van der Waals surface area (Å²) < 4.78 is 34.8. The van der Waals surface area contributed by atoms with E-state index in [4.69, 9.17) is 5.14 Å². The van der Waals surface area contributed by atoms with Gasteiger partial charge in [0.25, 0.3) is 0 Å². The first-order chi connectivity index (χ1) is 7.15. The molecule has 0 fully saturated rings. The first-order valence-corrected chi connectivity index (χ1v) is 5.98. The highest BCUT2D eigenvalue weighted by molar-refractivity contribution is 7.89.